The highest BCUT2D eigenvalue weighted by molar-refractivity contribution is 5.78. The molecular formula is C15H26N2O3. The zero-order valence-electron chi connectivity index (χ0n) is 12.2. The van der Waals surface area contributed by atoms with E-state index in [1.54, 1.807) is 0 Å². The van der Waals surface area contributed by atoms with Crippen LogP contribution in [0.1, 0.15) is 57.8 Å². The average molecular weight is 282 g/mol. The minimum absolute atomic E-state index is 0.00703. The Bertz CT molecular complexity index is 351. The summed E-state index contributed by atoms with van der Waals surface area (Å²) in [6.45, 7) is 1.54. The van der Waals surface area contributed by atoms with Crippen LogP contribution < -0.4 is 5.32 Å². The number of rotatable bonds is 6. The third-order valence-corrected chi connectivity index (χ3v) is 4.52. The maximum Gasteiger partial charge on any atom is 0.222 e. The molecule has 20 heavy (non-hydrogen) atoms. The van der Waals surface area contributed by atoms with Crippen molar-refractivity contribution in [2.45, 2.75) is 63.3 Å². The standard InChI is InChI=1S/C15H26N2O3/c18-12-15(8-2-1-3-9-15)16-13(19)6-4-10-17-11-5-7-14(17)20/h18H,1-12H2,(H,16,19). The monoisotopic (exact) mass is 282 g/mol. The molecule has 1 heterocycles. The van der Waals surface area contributed by atoms with E-state index in [-0.39, 0.29) is 18.4 Å². The van der Waals surface area contributed by atoms with E-state index in [0.717, 1.165) is 38.6 Å². The van der Waals surface area contributed by atoms with Crippen LogP contribution in [0.4, 0.5) is 0 Å². The Morgan fingerprint density at radius 2 is 2.00 bits per heavy atom. The predicted octanol–water partition coefficient (Wildman–Crippen LogP) is 1.20. The summed E-state index contributed by atoms with van der Waals surface area (Å²) in [5.74, 6) is 0.220. The molecule has 1 saturated carbocycles. The molecule has 0 bridgehead atoms. The SMILES string of the molecule is O=C(CCCN1CCCC1=O)NC1(CO)CCCCC1. The molecule has 2 fully saturated rings. The van der Waals surface area contributed by atoms with Crippen molar-refractivity contribution < 1.29 is 14.7 Å². The Morgan fingerprint density at radius 1 is 1.25 bits per heavy atom. The van der Waals surface area contributed by atoms with Crippen molar-refractivity contribution in [2.24, 2.45) is 0 Å². The molecule has 1 saturated heterocycles. The molecule has 2 aliphatic rings. The molecule has 1 aliphatic heterocycles. The van der Waals surface area contributed by atoms with Gasteiger partial charge < -0.3 is 15.3 Å². The number of likely N-dealkylation sites (tertiary alicyclic amines) is 1. The summed E-state index contributed by atoms with van der Waals surface area (Å²) < 4.78 is 0. The van der Waals surface area contributed by atoms with Crippen molar-refractivity contribution >= 4 is 11.8 Å². The molecule has 114 valence electrons. The van der Waals surface area contributed by atoms with Crippen LogP contribution in [0.25, 0.3) is 0 Å². The van der Waals surface area contributed by atoms with Crippen LogP contribution in [0.3, 0.4) is 0 Å². The van der Waals surface area contributed by atoms with Crippen LogP contribution >= 0.6 is 0 Å². The van der Waals surface area contributed by atoms with Gasteiger partial charge in [-0.1, -0.05) is 19.3 Å². The van der Waals surface area contributed by atoms with Crippen molar-refractivity contribution in [2.75, 3.05) is 19.7 Å². The van der Waals surface area contributed by atoms with Gasteiger partial charge in [-0.2, -0.15) is 0 Å². The first-order valence-electron chi connectivity index (χ1n) is 7.85. The van der Waals surface area contributed by atoms with Crippen molar-refractivity contribution in [3.8, 4) is 0 Å². The van der Waals surface area contributed by atoms with E-state index in [1.165, 1.54) is 6.42 Å². The molecule has 0 aromatic heterocycles. The summed E-state index contributed by atoms with van der Waals surface area (Å²) in [5.41, 5.74) is -0.390. The van der Waals surface area contributed by atoms with Crippen LogP contribution in [-0.4, -0.2) is 47.1 Å². The van der Waals surface area contributed by atoms with Gasteiger partial charge in [0.15, 0.2) is 0 Å². The average Bonchev–Trinajstić information content (AvgIpc) is 2.85. The number of aliphatic hydroxyl groups excluding tert-OH is 1. The van der Waals surface area contributed by atoms with Crippen molar-refractivity contribution in [1.29, 1.82) is 0 Å². The number of hydrogen-bond donors (Lipinski definition) is 2. The van der Waals surface area contributed by atoms with E-state index < -0.39 is 5.54 Å². The molecule has 0 unspecified atom stereocenters. The lowest BCUT2D eigenvalue weighted by Crippen LogP contribution is -2.52. The van der Waals surface area contributed by atoms with Gasteiger partial charge in [0.2, 0.25) is 11.8 Å². The number of nitrogens with zero attached hydrogens (tertiary/aromatic N) is 1. The van der Waals surface area contributed by atoms with E-state index in [4.69, 9.17) is 0 Å². The maximum absolute atomic E-state index is 12.0. The summed E-state index contributed by atoms with van der Waals surface area (Å²) in [4.78, 5) is 25.3. The second-order valence-electron chi connectivity index (χ2n) is 6.14. The summed E-state index contributed by atoms with van der Waals surface area (Å²) in [6, 6.07) is 0. The second kappa shape index (κ2) is 7.07. The molecule has 0 radical (unpaired) electrons. The molecule has 2 N–H and O–H groups in total. The highest BCUT2D eigenvalue weighted by Gasteiger charge is 2.32. The third-order valence-electron chi connectivity index (χ3n) is 4.52. The minimum atomic E-state index is -0.390. The van der Waals surface area contributed by atoms with Crippen molar-refractivity contribution in [1.82, 2.24) is 10.2 Å². The number of aliphatic hydroxyl groups is 1. The highest BCUT2D eigenvalue weighted by atomic mass is 16.3. The fourth-order valence-electron chi connectivity index (χ4n) is 3.28. The largest absolute Gasteiger partial charge is 0.394 e. The number of nitrogens with one attached hydrogen (secondary N) is 1. The molecule has 2 rings (SSSR count). The van der Waals surface area contributed by atoms with Gasteiger partial charge in [-0.25, -0.2) is 0 Å². The normalized spacial score (nSPS) is 22.1. The lowest BCUT2D eigenvalue weighted by molar-refractivity contribution is -0.129. The number of amides is 2. The first-order chi connectivity index (χ1) is 9.65. The molecule has 0 spiro atoms. The Hall–Kier alpha value is -1.10. The smallest absolute Gasteiger partial charge is 0.222 e. The Balaban J connectivity index is 1.70. The molecule has 2 amide bonds. The summed E-state index contributed by atoms with van der Waals surface area (Å²) in [5, 5.41) is 12.6. The number of hydrogen-bond acceptors (Lipinski definition) is 3. The van der Waals surface area contributed by atoms with Gasteiger partial charge in [0.1, 0.15) is 0 Å². The van der Waals surface area contributed by atoms with Gasteiger partial charge in [-0.15, -0.1) is 0 Å². The van der Waals surface area contributed by atoms with Gasteiger partial charge in [0, 0.05) is 25.9 Å². The Labute approximate surface area is 120 Å². The Kier molecular flexibility index (Phi) is 5.40. The van der Waals surface area contributed by atoms with Gasteiger partial charge in [-0.3, -0.25) is 9.59 Å². The highest BCUT2D eigenvalue weighted by Crippen LogP contribution is 2.27. The summed E-state index contributed by atoms with van der Waals surface area (Å²) in [6.07, 6.45) is 7.82. The number of carbonyl (C=O) groups is 2. The van der Waals surface area contributed by atoms with Crippen LogP contribution in [0, 0.1) is 0 Å². The quantitative estimate of drug-likeness (QED) is 0.769. The second-order valence-corrected chi connectivity index (χ2v) is 6.14. The van der Waals surface area contributed by atoms with Gasteiger partial charge in [-0.05, 0) is 25.7 Å². The molecule has 0 aromatic carbocycles. The lowest BCUT2D eigenvalue weighted by atomic mass is 9.82. The fraction of sp³-hybridized carbons (Fsp3) is 0.867. The Morgan fingerprint density at radius 3 is 2.60 bits per heavy atom. The molecule has 0 aromatic rings. The maximum atomic E-state index is 12.0. The zero-order valence-corrected chi connectivity index (χ0v) is 12.2. The number of carbonyl (C=O) groups excluding carboxylic acids is 2. The lowest BCUT2D eigenvalue weighted by Gasteiger charge is -2.36. The summed E-state index contributed by atoms with van der Waals surface area (Å²) in [7, 11) is 0. The molecule has 5 heteroatoms. The topological polar surface area (TPSA) is 69.6 Å². The van der Waals surface area contributed by atoms with Gasteiger partial charge in [0.25, 0.3) is 0 Å². The predicted molar refractivity (Wildman–Crippen MR) is 76.1 cm³/mol. The van der Waals surface area contributed by atoms with Crippen molar-refractivity contribution in [3.63, 3.8) is 0 Å². The van der Waals surface area contributed by atoms with E-state index >= 15 is 0 Å². The van der Waals surface area contributed by atoms with E-state index in [0.29, 0.717) is 25.8 Å². The van der Waals surface area contributed by atoms with E-state index in [1.807, 2.05) is 4.90 Å². The van der Waals surface area contributed by atoms with E-state index in [9.17, 15) is 14.7 Å². The van der Waals surface area contributed by atoms with Crippen LogP contribution in [0.2, 0.25) is 0 Å². The molecular weight excluding hydrogens is 256 g/mol. The first-order valence-corrected chi connectivity index (χ1v) is 7.85. The van der Waals surface area contributed by atoms with Crippen molar-refractivity contribution in [3.05, 3.63) is 0 Å². The fourth-order valence-corrected chi connectivity index (χ4v) is 3.28. The minimum Gasteiger partial charge on any atom is -0.394 e. The molecule has 0 atom stereocenters. The molecule has 5 nitrogen and oxygen atoms in total. The first kappa shape index (κ1) is 15.3. The van der Waals surface area contributed by atoms with Gasteiger partial charge in [0.05, 0.1) is 12.1 Å². The van der Waals surface area contributed by atoms with Crippen LogP contribution in [0.5, 0.6) is 0 Å². The van der Waals surface area contributed by atoms with Gasteiger partial charge >= 0.3 is 0 Å². The third kappa shape index (κ3) is 3.95. The van der Waals surface area contributed by atoms with Crippen LogP contribution in [0.15, 0.2) is 0 Å². The zero-order chi connectivity index (χ0) is 14.4. The van der Waals surface area contributed by atoms with E-state index in [2.05, 4.69) is 5.32 Å². The van der Waals surface area contributed by atoms with Crippen LogP contribution in [-0.2, 0) is 9.59 Å². The summed E-state index contributed by atoms with van der Waals surface area (Å²) >= 11 is 0. The molecule has 1 aliphatic carbocycles.